The summed E-state index contributed by atoms with van der Waals surface area (Å²) < 4.78 is 27.5. The molecule has 0 fully saturated rings. The second kappa shape index (κ2) is 9.40. The minimum absolute atomic E-state index is 0.360. The van der Waals surface area contributed by atoms with Crippen LogP contribution in [-0.2, 0) is 14.8 Å². The van der Waals surface area contributed by atoms with Crippen LogP contribution in [0.15, 0.2) is 59.7 Å². The highest BCUT2D eigenvalue weighted by atomic mass is 32.2. The van der Waals surface area contributed by atoms with E-state index in [4.69, 9.17) is 0 Å². The van der Waals surface area contributed by atoms with Gasteiger partial charge in [-0.15, -0.1) is 0 Å². The number of para-hydroxylation sites is 2. The summed E-state index contributed by atoms with van der Waals surface area (Å²) >= 11 is 0. The van der Waals surface area contributed by atoms with Crippen LogP contribution >= 0.6 is 0 Å². The monoisotopic (exact) mass is 452 g/mol. The SMILES string of the molecule is Cc1cccc(C)c1-n1c(C)cc(/C=N\NC(=O)CN(c2ccccc2)S(C)(=O)=O)c1C. The van der Waals surface area contributed by atoms with Gasteiger partial charge in [0.25, 0.3) is 5.91 Å². The number of benzene rings is 2. The predicted molar refractivity (Wildman–Crippen MR) is 129 cm³/mol. The van der Waals surface area contributed by atoms with Crippen molar-refractivity contribution in [1.82, 2.24) is 9.99 Å². The van der Waals surface area contributed by atoms with Gasteiger partial charge in [-0.1, -0.05) is 36.4 Å². The molecule has 1 amide bonds. The summed E-state index contributed by atoms with van der Waals surface area (Å²) in [5.74, 6) is -0.529. The summed E-state index contributed by atoms with van der Waals surface area (Å²) in [4.78, 5) is 12.4. The van der Waals surface area contributed by atoms with E-state index in [1.165, 1.54) is 11.1 Å². The molecule has 32 heavy (non-hydrogen) atoms. The summed E-state index contributed by atoms with van der Waals surface area (Å²) in [6.45, 7) is 7.83. The summed E-state index contributed by atoms with van der Waals surface area (Å²) in [6.07, 6.45) is 2.65. The molecule has 3 aromatic rings. The molecule has 1 aromatic heterocycles. The number of nitrogens with zero attached hydrogens (tertiary/aromatic N) is 3. The Labute approximate surface area is 189 Å². The molecule has 7 nitrogen and oxygen atoms in total. The van der Waals surface area contributed by atoms with Crippen LogP contribution in [0.25, 0.3) is 5.69 Å². The molecule has 0 saturated carbocycles. The van der Waals surface area contributed by atoms with Crippen molar-refractivity contribution in [3.63, 3.8) is 0 Å². The van der Waals surface area contributed by atoms with Crippen LogP contribution in [0.1, 0.15) is 28.1 Å². The zero-order valence-corrected chi connectivity index (χ0v) is 19.8. The summed E-state index contributed by atoms with van der Waals surface area (Å²) in [5.41, 5.74) is 9.26. The molecule has 2 aromatic carbocycles. The van der Waals surface area contributed by atoms with Crippen LogP contribution in [0.3, 0.4) is 0 Å². The van der Waals surface area contributed by atoms with Crippen molar-refractivity contribution < 1.29 is 13.2 Å². The van der Waals surface area contributed by atoms with Gasteiger partial charge in [0.1, 0.15) is 6.54 Å². The number of amides is 1. The molecule has 0 radical (unpaired) electrons. The van der Waals surface area contributed by atoms with Crippen LogP contribution in [0, 0.1) is 27.7 Å². The van der Waals surface area contributed by atoms with Gasteiger partial charge in [0.2, 0.25) is 10.0 Å². The van der Waals surface area contributed by atoms with E-state index in [-0.39, 0.29) is 6.54 Å². The third-order valence-electron chi connectivity index (χ3n) is 5.26. The van der Waals surface area contributed by atoms with E-state index in [0.29, 0.717) is 5.69 Å². The average molecular weight is 453 g/mol. The second-order valence-electron chi connectivity index (χ2n) is 7.80. The van der Waals surface area contributed by atoms with E-state index in [2.05, 4.69) is 41.1 Å². The summed E-state index contributed by atoms with van der Waals surface area (Å²) in [6, 6.07) is 16.7. The van der Waals surface area contributed by atoms with E-state index >= 15 is 0 Å². The van der Waals surface area contributed by atoms with Crippen molar-refractivity contribution in [1.29, 1.82) is 0 Å². The number of hydrazone groups is 1. The zero-order chi connectivity index (χ0) is 23.5. The minimum atomic E-state index is -3.62. The Kier molecular flexibility index (Phi) is 6.84. The van der Waals surface area contributed by atoms with Gasteiger partial charge in [0.05, 0.1) is 23.8 Å². The Morgan fingerprint density at radius 3 is 2.25 bits per heavy atom. The van der Waals surface area contributed by atoms with Gasteiger partial charge in [0, 0.05) is 17.0 Å². The number of anilines is 1. The molecule has 0 unspecified atom stereocenters. The lowest BCUT2D eigenvalue weighted by Gasteiger charge is -2.21. The number of carbonyl (C=O) groups is 1. The highest BCUT2D eigenvalue weighted by Crippen LogP contribution is 2.25. The number of sulfonamides is 1. The minimum Gasteiger partial charge on any atom is -0.317 e. The molecule has 0 aliphatic rings. The molecule has 0 atom stereocenters. The van der Waals surface area contributed by atoms with Crippen LogP contribution < -0.4 is 9.73 Å². The topological polar surface area (TPSA) is 83.8 Å². The highest BCUT2D eigenvalue weighted by Gasteiger charge is 2.20. The number of hydrogen-bond donors (Lipinski definition) is 1. The van der Waals surface area contributed by atoms with Crippen LogP contribution in [-0.4, -0.2) is 37.9 Å². The number of carbonyl (C=O) groups excluding carboxylic acids is 1. The van der Waals surface area contributed by atoms with E-state index in [1.807, 2.05) is 26.0 Å². The maximum atomic E-state index is 12.4. The molecular weight excluding hydrogens is 424 g/mol. The molecule has 8 heteroatoms. The standard InChI is InChI=1S/C24H28N4O3S/c1-17-10-9-11-18(2)24(17)28-19(3)14-21(20(28)4)15-25-26-23(29)16-27(32(5,30)31)22-12-7-6-8-13-22/h6-15H,16H2,1-5H3,(H,26,29)/b25-15-. The third-order valence-corrected chi connectivity index (χ3v) is 6.40. The van der Waals surface area contributed by atoms with E-state index < -0.39 is 15.9 Å². The van der Waals surface area contributed by atoms with Gasteiger partial charge >= 0.3 is 0 Å². The smallest absolute Gasteiger partial charge is 0.260 e. The van der Waals surface area contributed by atoms with E-state index in [9.17, 15) is 13.2 Å². The van der Waals surface area contributed by atoms with Crippen molar-refractivity contribution in [2.75, 3.05) is 17.1 Å². The summed E-state index contributed by atoms with van der Waals surface area (Å²) in [5, 5.41) is 4.06. The molecule has 3 rings (SSSR count). The lowest BCUT2D eigenvalue weighted by molar-refractivity contribution is -0.119. The maximum Gasteiger partial charge on any atom is 0.260 e. The number of nitrogens with one attached hydrogen (secondary N) is 1. The molecule has 168 valence electrons. The van der Waals surface area contributed by atoms with Crippen LogP contribution in [0.2, 0.25) is 0 Å². The lowest BCUT2D eigenvalue weighted by atomic mass is 10.1. The largest absolute Gasteiger partial charge is 0.317 e. The fourth-order valence-electron chi connectivity index (χ4n) is 3.75. The number of aromatic nitrogens is 1. The van der Waals surface area contributed by atoms with Crippen LogP contribution in [0.5, 0.6) is 0 Å². The molecule has 0 saturated heterocycles. The van der Waals surface area contributed by atoms with Crippen molar-refractivity contribution in [2.45, 2.75) is 27.7 Å². The molecular formula is C24H28N4O3S. The molecule has 1 N–H and O–H groups in total. The van der Waals surface area contributed by atoms with Gasteiger partial charge < -0.3 is 4.57 Å². The van der Waals surface area contributed by atoms with Gasteiger partial charge in [-0.25, -0.2) is 13.8 Å². The Bertz CT molecular complexity index is 1240. The molecule has 0 bridgehead atoms. The first-order valence-electron chi connectivity index (χ1n) is 10.2. The Morgan fingerprint density at radius 2 is 1.66 bits per heavy atom. The average Bonchev–Trinajstić information content (AvgIpc) is 3.00. The third kappa shape index (κ3) is 5.08. The van der Waals surface area contributed by atoms with Gasteiger partial charge in [-0.05, 0) is 57.0 Å². The Hall–Kier alpha value is -3.39. The van der Waals surface area contributed by atoms with Gasteiger partial charge in [-0.2, -0.15) is 5.10 Å². The maximum absolute atomic E-state index is 12.4. The molecule has 0 aliphatic carbocycles. The van der Waals surface area contributed by atoms with Crippen LogP contribution in [0.4, 0.5) is 5.69 Å². The van der Waals surface area contributed by atoms with Gasteiger partial charge in [-0.3, -0.25) is 9.10 Å². The Morgan fingerprint density at radius 1 is 1.03 bits per heavy atom. The summed E-state index contributed by atoms with van der Waals surface area (Å²) in [7, 11) is -3.62. The normalized spacial score (nSPS) is 11.7. The van der Waals surface area contributed by atoms with Crippen molar-refractivity contribution >= 4 is 27.8 Å². The first-order valence-corrected chi connectivity index (χ1v) is 12.0. The molecule has 0 spiro atoms. The first-order chi connectivity index (χ1) is 15.1. The van der Waals surface area contributed by atoms with Gasteiger partial charge in [0.15, 0.2) is 0 Å². The highest BCUT2D eigenvalue weighted by molar-refractivity contribution is 7.92. The zero-order valence-electron chi connectivity index (χ0n) is 19.0. The number of rotatable bonds is 7. The fraction of sp³-hybridized carbons (Fsp3) is 0.250. The van der Waals surface area contributed by atoms with E-state index in [0.717, 1.165) is 33.2 Å². The van der Waals surface area contributed by atoms with Crippen molar-refractivity contribution in [2.24, 2.45) is 5.10 Å². The van der Waals surface area contributed by atoms with Crippen molar-refractivity contribution in [3.05, 3.63) is 82.7 Å². The quantitative estimate of drug-likeness (QED) is 0.439. The predicted octanol–water partition coefficient (Wildman–Crippen LogP) is 3.63. The lowest BCUT2D eigenvalue weighted by Crippen LogP contribution is -2.38. The first kappa shape index (κ1) is 23.3. The fourth-order valence-corrected chi connectivity index (χ4v) is 4.61. The molecule has 0 aliphatic heterocycles. The van der Waals surface area contributed by atoms with E-state index in [1.54, 1.807) is 36.5 Å². The second-order valence-corrected chi connectivity index (χ2v) is 9.71. The molecule has 1 heterocycles. The Balaban J connectivity index is 1.77. The van der Waals surface area contributed by atoms with Crippen molar-refractivity contribution in [3.8, 4) is 5.69 Å². The number of hydrogen-bond acceptors (Lipinski definition) is 4. The number of aryl methyl sites for hydroxylation is 3.